The Labute approximate surface area is 108 Å². The van der Waals surface area contributed by atoms with Crippen LogP contribution in [0.2, 0.25) is 0 Å². The lowest BCUT2D eigenvalue weighted by Crippen LogP contribution is -2.19. The van der Waals surface area contributed by atoms with Crippen LogP contribution in [0, 0.1) is 0 Å². The van der Waals surface area contributed by atoms with E-state index in [1.807, 2.05) is 12.1 Å². The Morgan fingerprint density at radius 3 is 1.74 bits per heavy atom. The van der Waals surface area contributed by atoms with E-state index in [1.165, 1.54) is 0 Å². The van der Waals surface area contributed by atoms with Crippen LogP contribution in [0.25, 0.3) is 0 Å². The maximum atomic E-state index is 10.6. The van der Waals surface area contributed by atoms with E-state index in [-0.39, 0.29) is 0 Å². The highest BCUT2D eigenvalue weighted by Crippen LogP contribution is 1.96. The van der Waals surface area contributed by atoms with Gasteiger partial charge in [0.15, 0.2) is 0 Å². The second-order valence-corrected chi connectivity index (χ2v) is 3.67. The molecule has 0 aromatic heterocycles. The van der Waals surface area contributed by atoms with Gasteiger partial charge in [0.1, 0.15) is 0 Å². The lowest BCUT2D eigenvalue weighted by atomic mass is 10.2. The molecule has 1 aliphatic rings. The molecule has 2 aromatic rings. The molecule has 0 aliphatic carbocycles. The van der Waals surface area contributed by atoms with Crippen molar-refractivity contribution in [2.24, 2.45) is 9.98 Å². The normalized spacial score (nSPS) is 11.5. The second-order valence-electron chi connectivity index (χ2n) is 3.67. The summed E-state index contributed by atoms with van der Waals surface area (Å²) in [4.78, 5) is 28.1. The lowest BCUT2D eigenvalue weighted by molar-refractivity contribution is 0.0697. The zero-order valence-electron chi connectivity index (χ0n) is 9.85. The molecule has 0 unspecified atom stereocenters. The van der Waals surface area contributed by atoms with Crippen molar-refractivity contribution < 1.29 is 14.7 Å². The summed E-state index contributed by atoms with van der Waals surface area (Å²) in [6.45, 7) is 0. The molecule has 94 valence electrons. The molecule has 2 amide bonds. The van der Waals surface area contributed by atoms with Crippen molar-refractivity contribution in [3.8, 4) is 0 Å². The maximum Gasteiger partial charge on any atom is 0.368 e. The Morgan fingerprint density at radius 2 is 1.32 bits per heavy atom. The number of carboxylic acids is 1. The van der Waals surface area contributed by atoms with Gasteiger partial charge < -0.3 is 5.11 Å². The van der Waals surface area contributed by atoms with E-state index in [0.29, 0.717) is 16.3 Å². The molecular formula is C14H10N2O3. The zero-order valence-corrected chi connectivity index (χ0v) is 9.85. The highest BCUT2D eigenvalue weighted by molar-refractivity contribution is 5.87. The van der Waals surface area contributed by atoms with Gasteiger partial charge in [0, 0.05) is 0 Å². The molecular weight excluding hydrogens is 244 g/mol. The Balaban J connectivity index is 0.000000141. The third-order valence-corrected chi connectivity index (χ3v) is 2.33. The number of hydrogen-bond donors (Lipinski definition) is 1. The van der Waals surface area contributed by atoms with E-state index in [1.54, 1.807) is 42.5 Å². The average Bonchev–Trinajstić information content (AvgIpc) is 2.80. The number of fused-ring (bicyclic) bond motifs is 1. The first-order valence-corrected chi connectivity index (χ1v) is 5.51. The van der Waals surface area contributed by atoms with Crippen LogP contribution in [0.5, 0.6) is 0 Å². The van der Waals surface area contributed by atoms with Crippen molar-refractivity contribution in [2.75, 3.05) is 0 Å². The van der Waals surface area contributed by atoms with E-state index in [2.05, 4.69) is 9.98 Å². The van der Waals surface area contributed by atoms with Crippen LogP contribution in [0.4, 0.5) is 4.79 Å². The smallest absolute Gasteiger partial charge is 0.368 e. The second kappa shape index (κ2) is 5.68. The SMILES string of the molecule is O=C(O)c1ccccc1.O=C1N=c2ccccc2=N1. The predicted molar refractivity (Wildman–Crippen MR) is 67.6 cm³/mol. The van der Waals surface area contributed by atoms with E-state index >= 15 is 0 Å². The third kappa shape index (κ3) is 3.32. The molecule has 5 heteroatoms. The largest absolute Gasteiger partial charge is 0.478 e. The molecule has 19 heavy (non-hydrogen) atoms. The van der Waals surface area contributed by atoms with Crippen molar-refractivity contribution in [3.63, 3.8) is 0 Å². The molecule has 0 saturated heterocycles. The number of carboxylic acid groups (broad SMARTS) is 1. The molecule has 0 atom stereocenters. The van der Waals surface area contributed by atoms with Gasteiger partial charge in [-0.05, 0) is 24.3 Å². The molecule has 5 nitrogen and oxygen atoms in total. The van der Waals surface area contributed by atoms with Crippen LogP contribution in [-0.4, -0.2) is 17.1 Å². The number of benzene rings is 2. The number of carbonyl (C=O) groups excluding carboxylic acids is 1. The summed E-state index contributed by atoms with van der Waals surface area (Å²) in [6.07, 6.45) is 0. The van der Waals surface area contributed by atoms with Gasteiger partial charge in [0.25, 0.3) is 0 Å². The predicted octanol–water partition coefficient (Wildman–Crippen LogP) is 1.44. The van der Waals surface area contributed by atoms with Crippen LogP contribution in [0.3, 0.4) is 0 Å². The number of urea groups is 1. The monoisotopic (exact) mass is 254 g/mol. The number of rotatable bonds is 1. The Bertz CT molecular complexity index is 687. The molecule has 0 radical (unpaired) electrons. The molecule has 1 heterocycles. The maximum absolute atomic E-state index is 10.6. The van der Waals surface area contributed by atoms with Crippen LogP contribution < -0.4 is 10.7 Å². The Kier molecular flexibility index (Phi) is 3.78. The van der Waals surface area contributed by atoms with E-state index in [9.17, 15) is 9.59 Å². The molecule has 1 aliphatic heterocycles. The van der Waals surface area contributed by atoms with Gasteiger partial charge in [-0.1, -0.05) is 30.3 Å². The molecule has 0 saturated carbocycles. The minimum absolute atomic E-state index is 0.331. The third-order valence-electron chi connectivity index (χ3n) is 2.33. The van der Waals surface area contributed by atoms with E-state index in [4.69, 9.17) is 5.11 Å². The number of carbonyl (C=O) groups is 2. The first kappa shape index (κ1) is 12.6. The summed E-state index contributed by atoms with van der Waals surface area (Å²) in [5.41, 5.74) is 0.331. The molecule has 3 rings (SSSR count). The van der Waals surface area contributed by atoms with Gasteiger partial charge in [-0.3, -0.25) is 0 Å². The van der Waals surface area contributed by atoms with Crippen LogP contribution in [0.1, 0.15) is 10.4 Å². The number of nitrogens with zero attached hydrogens (tertiary/aromatic N) is 2. The van der Waals surface area contributed by atoms with Gasteiger partial charge in [0.05, 0.1) is 16.3 Å². The van der Waals surface area contributed by atoms with Crippen molar-refractivity contribution in [1.29, 1.82) is 0 Å². The van der Waals surface area contributed by atoms with Crippen LogP contribution in [-0.2, 0) is 0 Å². The summed E-state index contributed by atoms with van der Waals surface area (Å²) < 4.78 is 0. The van der Waals surface area contributed by atoms with Crippen molar-refractivity contribution >= 4 is 12.0 Å². The van der Waals surface area contributed by atoms with Crippen molar-refractivity contribution in [1.82, 2.24) is 0 Å². The summed E-state index contributed by atoms with van der Waals surface area (Å²) in [5.74, 6) is -0.879. The minimum Gasteiger partial charge on any atom is -0.478 e. The van der Waals surface area contributed by atoms with Crippen LogP contribution in [0.15, 0.2) is 64.6 Å². The van der Waals surface area contributed by atoms with Gasteiger partial charge >= 0.3 is 12.0 Å². The topological polar surface area (TPSA) is 79.1 Å². The lowest BCUT2D eigenvalue weighted by Gasteiger charge is -1.88. The number of amides is 2. The molecule has 2 aromatic carbocycles. The standard InChI is InChI=1S/C7H4N2O.C7H6O2/c10-7-8-5-3-1-2-4-6(5)9-7;8-7(9)6-4-2-1-3-5-6/h1-4H;1-5H,(H,8,9). The Hall–Kier alpha value is -2.82. The summed E-state index contributed by atoms with van der Waals surface area (Å²) in [6, 6.07) is 15.1. The number of para-hydroxylation sites is 2. The van der Waals surface area contributed by atoms with Crippen molar-refractivity contribution in [3.05, 3.63) is 70.9 Å². The molecule has 0 bridgehead atoms. The average molecular weight is 254 g/mol. The number of aromatic carboxylic acids is 1. The fraction of sp³-hybridized carbons (Fsp3) is 0. The molecule has 1 N–H and O–H groups in total. The summed E-state index contributed by atoms with van der Waals surface area (Å²) >= 11 is 0. The van der Waals surface area contributed by atoms with E-state index < -0.39 is 12.0 Å². The molecule has 0 fully saturated rings. The first-order chi connectivity index (χ1) is 9.16. The van der Waals surface area contributed by atoms with Crippen molar-refractivity contribution in [2.45, 2.75) is 0 Å². The fourth-order valence-electron chi connectivity index (χ4n) is 1.47. The summed E-state index contributed by atoms with van der Waals surface area (Å²) in [5, 5.41) is 9.73. The van der Waals surface area contributed by atoms with Gasteiger partial charge in [0.2, 0.25) is 0 Å². The minimum atomic E-state index is -0.879. The fourth-order valence-corrected chi connectivity index (χ4v) is 1.47. The molecule has 0 spiro atoms. The van der Waals surface area contributed by atoms with Crippen LogP contribution >= 0.6 is 0 Å². The Morgan fingerprint density at radius 1 is 0.842 bits per heavy atom. The number of hydrogen-bond acceptors (Lipinski definition) is 2. The van der Waals surface area contributed by atoms with Gasteiger partial charge in [-0.2, -0.15) is 9.98 Å². The van der Waals surface area contributed by atoms with Gasteiger partial charge in [-0.15, -0.1) is 0 Å². The van der Waals surface area contributed by atoms with Gasteiger partial charge in [-0.25, -0.2) is 9.59 Å². The highest BCUT2D eigenvalue weighted by atomic mass is 16.4. The van der Waals surface area contributed by atoms with E-state index in [0.717, 1.165) is 0 Å². The quantitative estimate of drug-likeness (QED) is 0.836. The highest BCUT2D eigenvalue weighted by Gasteiger charge is 2.01. The zero-order chi connectivity index (χ0) is 13.7. The summed E-state index contributed by atoms with van der Waals surface area (Å²) in [7, 11) is 0. The first-order valence-electron chi connectivity index (χ1n) is 5.51.